The maximum atomic E-state index is 12.0. The Morgan fingerprint density at radius 1 is 1.37 bits per heavy atom. The Morgan fingerprint density at radius 2 is 2.16 bits per heavy atom. The van der Waals surface area contributed by atoms with Crippen molar-refractivity contribution in [3.8, 4) is 0 Å². The van der Waals surface area contributed by atoms with Crippen LogP contribution in [0.2, 0.25) is 0 Å². The van der Waals surface area contributed by atoms with Crippen molar-refractivity contribution < 1.29 is 9.53 Å². The molecular weight excluding hydrogens is 258 g/mol. The largest absolute Gasteiger partial charge is 0.465 e. The third kappa shape index (κ3) is 3.80. The van der Waals surface area contributed by atoms with E-state index >= 15 is 0 Å². The Hall–Kier alpha value is -0.870. The highest BCUT2D eigenvalue weighted by Crippen LogP contribution is 2.24. The van der Waals surface area contributed by atoms with Crippen LogP contribution in [0.15, 0.2) is 12.1 Å². The molecular formula is C15H23NO2S. The van der Waals surface area contributed by atoms with Crippen LogP contribution in [0.5, 0.6) is 0 Å². The van der Waals surface area contributed by atoms with Gasteiger partial charge in [-0.2, -0.15) is 0 Å². The van der Waals surface area contributed by atoms with Gasteiger partial charge in [-0.25, -0.2) is 0 Å². The minimum atomic E-state index is -0.0468. The molecule has 19 heavy (non-hydrogen) atoms. The van der Waals surface area contributed by atoms with Crippen molar-refractivity contribution in [1.29, 1.82) is 0 Å². The molecule has 1 atom stereocenters. The molecule has 0 bridgehead atoms. The van der Waals surface area contributed by atoms with Crippen LogP contribution in [0.3, 0.4) is 0 Å². The highest BCUT2D eigenvalue weighted by atomic mass is 32.1. The fourth-order valence-corrected chi connectivity index (χ4v) is 3.57. The number of carbonyl (C=O) groups excluding carboxylic acids is 1. The number of aryl methyl sites for hydroxylation is 1. The lowest BCUT2D eigenvalue weighted by Gasteiger charge is -2.33. The van der Waals surface area contributed by atoms with Crippen molar-refractivity contribution >= 4 is 17.3 Å². The third-order valence-electron chi connectivity index (χ3n) is 3.60. The molecule has 0 spiro atoms. The molecule has 1 saturated heterocycles. The lowest BCUT2D eigenvalue weighted by atomic mass is 10.0. The molecule has 1 unspecified atom stereocenters. The number of nitrogens with zero attached hydrogens (tertiary/aromatic N) is 1. The number of thiophene rings is 1. The van der Waals surface area contributed by atoms with Crippen LogP contribution in [0.4, 0.5) is 0 Å². The maximum Gasteiger partial charge on any atom is 0.323 e. The number of hydrogen-bond acceptors (Lipinski definition) is 4. The van der Waals surface area contributed by atoms with Gasteiger partial charge in [0.1, 0.15) is 6.04 Å². The van der Waals surface area contributed by atoms with Crippen LogP contribution in [0.25, 0.3) is 0 Å². The van der Waals surface area contributed by atoms with Gasteiger partial charge in [0.2, 0.25) is 0 Å². The molecule has 0 aromatic carbocycles. The molecule has 0 aliphatic carbocycles. The number of esters is 1. The highest BCUT2D eigenvalue weighted by molar-refractivity contribution is 7.11. The van der Waals surface area contributed by atoms with Crippen LogP contribution in [0.1, 0.15) is 42.9 Å². The lowest BCUT2D eigenvalue weighted by molar-refractivity contribution is -0.151. The molecule has 0 amide bonds. The number of piperidine rings is 1. The number of ether oxygens (including phenoxy) is 1. The van der Waals surface area contributed by atoms with Gasteiger partial charge in [0.15, 0.2) is 0 Å². The van der Waals surface area contributed by atoms with Crippen molar-refractivity contribution in [3.63, 3.8) is 0 Å². The summed E-state index contributed by atoms with van der Waals surface area (Å²) in [7, 11) is 0. The monoisotopic (exact) mass is 281 g/mol. The molecule has 2 heterocycles. The number of likely N-dealkylation sites (tertiary alicyclic amines) is 1. The van der Waals surface area contributed by atoms with Gasteiger partial charge in [0.05, 0.1) is 6.61 Å². The van der Waals surface area contributed by atoms with Crippen LogP contribution >= 0.6 is 11.3 Å². The zero-order valence-electron chi connectivity index (χ0n) is 11.9. The molecule has 3 nitrogen and oxygen atoms in total. The van der Waals surface area contributed by atoms with Crippen LogP contribution in [0, 0.1) is 0 Å². The van der Waals surface area contributed by atoms with Crippen molar-refractivity contribution in [3.05, 3.63) is 21.9 Å². The molecule has 1 aromatic rings. The van der Waals surface area contributed by atoms with Gasteiger partial charge in [-0.05, 0) is 44.9 Å². The lowest BCUT2D eigenvalue weighted by Crippen LogP contribution is -2.44. The van der Waals surface area contributed by atoms with E-state index in [0.29, 0.717) is 6.61 Å². The quantitative estimate of drug-likeness (QED) is 0.776. The van der Waals surface area contributed by atoms with E-state index in [0.717, 1.165) is 32.4 Å². The van der Waals surface area contributed by atoms with Gasteiger partial charge < -0.3 is 4.74 Å². The Labute approximate surface area is 119 Å². The first kappa shape index (κ1) is 14.5. The normalized spacial score (nSPS) is 20.4. The minimum Gasteiger partial charge on any atom is -0.465 e. The van der Waals surface area contributed by atoms with Gasteiger partial charge in [-0.15, -0.1) is 11.3 Å². The predicted octanol–water partition coefficient (Wildman–Crippen LogP) is 3.23. The third-order valence-corrected chi connectivity index (χ3v) is 4.81. The van der Waals surface area contributed by atoms with Crippen molar-refractivity contribution in [2.45, 2.75) is 52.1 Å². The first-order valence-corrected chi connectivity index (χ1v) is 8.04. The first-order valence-electron chi connectivity index (χ1n) is 7.22. The van der Waals surface area contributed by atoms with Gasteiger partial charge >= 0.3 is 5.97 Å². The standard InChI is InChI=1S/C15H23NO2S/c1-3-12-8-9-13(19-12)11-16-10-6-5-7-14(16)15(17)18-4-2/h8-9,14H,3-7,10-11H2,1-2H3. The number of rotatable bonds is 5. The fourth-order valence-electron chi connectivity index (χ4n) is 2.58. The van der Waals surface area contributed by atoms with Gasteiger partial charge in [0, 0.05) is 16.3 Å². The highest BCUT2D eigenvalue weighted by Gasteiger charge is 2.29. The molecule has 1 aliphatic rings. The molecule has 0 saturated carbocycles. The van der Waals surface area contributed by atoms with Crippen molar-refractivity contribution in [2.75, 3.05) is 13.2 Å². The van der Waals surface area contributed by atoms with E-state index in [1.165, 1.54) is 16.2 Å². The molecule has 1 aliphatic heterocycles. The van der Waals surface area contributed by atoms with Gasteiger partial charge in [-0.3, -0.25) is 9.69 Å². The summed E-state index contributed by atoms with van der Waals surface area (Å²) in [6, 6.07) is 4.35. The van der Waals surface area contributed by atoms with E-state index in [2.05, 4.69) is 24.0 Å². The smallest absolute Gasteiger partial charge is 0.323 e. The summed E-state index contributed by atoms with van der Waals surface area (Å²) >= 11 is 1.86. The molecule has 0 N–H and O–H groups in total. The summed E-state index contributed by atoms with van der Waals surface area (Å²) in [6.07, 6.45) is 4.34. The second-order valence-electron chi connectivity index (χ2n) is 4.96. The molecule has 106 valence electrons. The Bertz CT molecular complexity index is 416. The summed E-state index contributed by atoms with van der Waals surface area (Å²) < 4.78 is 5.20. The first-order chi connectivity index (χ1) is 9.24. The Kier molecular flexibility index (Phi) is 5.40. The SMILES string of the molecule is CCOC(=O)C1CCCCN1Cc1ccc(CC)s1. The molecule has 1 fully saturated rings. The fraction of sp³-hybridized carbons (Fsp3) is 0.667. The minimum absolute atomic E-state index is 0.0409. The van der Waals surface area contributed by atoms with E-state index in [1.807, 2.05) is 18.3 Å². The summed E-state index contributed by atoms with van der Waals surface area (Å²) in [4.78, 5) is 17.1. The second-order valence-corrected chi connectivity index (χ2v) is 6.21. The Balaban J connectivity index is 2.00. The van der Waals surface area contributed by atoms with E-state index in [-0.39, 0.29) is 12.0 Å². The average Bonchev–Trinajstić information content (AvgIpc) is 2.87. The van der Waals surface area contributed by atoms with E-state index in [1.54, 1.807) is 0 Å². The zero-order valence-corrected chi connectivity index (χ0v) is 12.7. The van der Waals surface area contributed by atoms with Crippen molar-refractivity contribution in [2.24, 2.45) is 0 Å². The molecule has 1 aromatic heterocycles. The van der Waals surface area contributed by atoms with Crippen molar-refractivity contribution in [1.82, 2.24) is 4.90 Å². The second kappa shape index (κ2) is 7.06. The zero-order chi connectivity index (χ0) is 13.7. The predicted molar refractivity (Wildman–Crippen MR) is 78.4 cm³/mol. The Morgan fingerprint density at radius 3 is 2.84 bits per heavy atom. The van der Waals surface area contributed by atoms with Crippen LogP contribution < -0.4 is 0 Å². The summed E-state index contributed by atoms with van der Waals surface area (Å²) in [5.74, 6) is -0.0468. The van der Waals surface area contributed by atoms with Crippen LogP contribution in [-0.2, 0) is 22.5 Å². The van der Waals surface area contributed by atoms with Gasteiger partial charge in [-0.1, -0.05) is 13.3 Å². The topological polar surface area (TPSA) is 29.5 Å². The molecule has 0 radical (unpaired) electrons. The summed E-state index contributed by atoms with van der Waals surface area (Å²) in [5.41, 5.74) is 0. The maximum absolute atomic E-state index is 12.0. The summed E-state index contributed by atoms with van der Waals surface area (Å²) in [5, 5.41) is 0. The van der Waals surface area contributed by atoms with Crippen LogP contribution in [-0.4, -0.2) is 30.1 Å². The molecule has 2 rings (SSSR count). The molecule has 4 heteroatoms. The van der Waals surface area contributed by atoms with Gasteiger partial charge in [0.25, 0.3) is 0 Å². The van der Waals surface area contributed by atoms with E-state index in [9.17, 15) is 4.79 Å². The number of carbonyl (C=O) groups is 1. The summed E-state index contributed by atoms with van der Waals surface area (Å²) in [6.45, 7) is 6.41. The average molecular weight is 281 g/mol. The van der Waals surface area contributed by atoms with E-state index in [4.69, 9.17) is 4.74 Å². The number of hydrogen-bond donors (Lipinski definition) is 0. The van der Waals surface area contributed by atoms with E-state index < -0.39 is 0 Å².